The average molecular weight is 253 g/mol. The lowest BCUT2D eigenvalue weighted by Crippen LogP contribution is -1.97. The van der Waals surface area contributed by atoms with Crippen molar-refractivity contribution in [3.05, 3.63) is 56.7 Å². The average Bonchev–Trinajstić information content (AvgIpc) is 2.75. The Morgan fingerprint density at radius 1 is 1.25 bits per heavy atom. The number of thiophene rings is 1. The van der Waals surface area contributed by atoms with Crippen molar-refractivity contribution in [3.63, 3.8) is 0 Å². The predicted molar refractivity (Wildman–Crippen MR) is 69.2 cm³/mol. The molecular weight excluding hydrogens is 240 g/mol. The Hall–Kier alpha value is -0.830. The van der Waals surface area contributed by atoms with E-state index in [1.54, 1.807) is 0 Å². The second-order valence-electron chi connectivity index (χ2n) is 3.63. The first-order valence-electron chi connectivity index (χ1n) is 5.22. The van der Waals surface area contributed by atoms with Crippen LogP contribution in [0.3, 0.4) is 0 Å². The first-order chi connectivity index (χ1) is 7.72. The third kappa shape index (κ3) is 2.29. The normalized spacial score (nSPS) is 12.7. The second-order valence-corrected chi connectivity index (χ2v) is 4.99. The standard InChI is InChI=1S/C13H13ClOS/c1-2-9-3-5-10(6-4-9)12(15)13-11(14)7-8-16-13/h3-8,12,15H,2H2,1H3. The second kappa shape index (κ2) is 5.00. The van der Waals surface area contributed by atoms with Crippen LogP contribution in [-0.2, 0) is 6.42 Å². The quantitative estimate of drug-likeness (QED) is 0.874. The molecule has 0 radical (unpaired) electrons. The van der Waals surface area contributed by atoms with E-state index in [2.05, 4.69) is 6.92 Å². The lowest BCUT2D eigenvalue weighted by Gasteiger charge is -2.10. The van der Waals surface area contributed by atoms with Crippen LogP contribution < -0.4 is 0 Å². The number of rotatable bonds is 3. The lowest BCUT2D eigenvalue weighted by atomic mass is 10.0. The molecule has 0 aliphatic carbocycles. The molecule has 1 aromatic heterocycles. The highest BCUT2D eigenvalue weighted by Gasteiger charge is 2.14. The number of aliphatic hydroxyl groups is 1. The fourth-order valence-electron chi connectivity index (χ4n) is 1.59. The van der Waals surface area contributed by atoms with Crippen LogP contribution in [0.15, 0.2) is 35.7 Å². The third-order valence-electron chi connectivity index (χ3n) is 2.60. The molecule has 2 rings (SSSR count). The Morgan fingerprint density at radius 2 is 1.94 bits per heavy atom. The molecule has 0 spiro atoms. The van der Waals surface area contributed by atoms with E-state index in [1.165, 1.54) is 16.9 Å². The molecule has 3 heteroatoms. The third-order valence-corrected chi connectivity index (χ3v) is 4.01. The lowest BCUT2D eigenvalue weighted by molar-refractivity contribution is 0.224. The number of benzene rings is 1. The van der Waals surface area contributed by atoms with Gasteiger partial charge in [0.1, 0.15) is 6.10 Å². The summed E-state index contributed by atoms with van der Waals surface area (Å²) in [5.41, 5.74) is 2.16. The van der Waals surface area contributed by atoms with Crippen molar-refractivity contribution in [2.45, 2.75) is 19.4 Å². The van der Waals surface area contributed by atoms with Gasteiger partial charge >= 0.3 is 0 Å². The maximum absolute atomic E-state index is 10.2. The summed E-state index contributed by atoms with van der Waals surface area (Å²) in [5.74, 6) is 0. The van der Waals surface area contributed by atoms with E-state index in [-0.39, 0.29) is 0 Å². The maximum atomic E-state index is 10.2. The minimum atomic E-state index is -0.613. The van der Waals surface area contributed by atoms with Crippen LogP contribution in [0.5, 0.6) is 0 Å². The molecule has 1 heterocycles. The topological polar surface area (TPSA) is 20.2 Å². The molecule has 1 atom stereocenters. The Morgan fingerprint density at radius 3 is 2.44 bits per heavy atom. The van der Waals surface area contributed by atoms with Gasteiger partial charge in [-0.25, -0.2) is 0 Å². The van der Waals surface area contributed by atoms with Crippen LogP contribution in [-0.4, -0.2) is 5.11 Å². The highest BCUT2D eigenvalue weighted by Crippen LogP contribution is 2.32. The van der Waals surface area contributed by atoms with Gasteiger partial charge in [-0.1, -0.05) is 42.8 Å². The van der Waals surface area contributed by atoms with Gasteiger partial charge in [0.05, 0.1) is 9.90 Å². The smallest absolute Gasteiger partial charge is 0.115 e. The number of aryl methyl sites for hydroxylation is 1. The summed E-state index contributed by atoms with van der Waals surface area (Å²) in [6.45, 7) is 2.11. The monoisotopic (exact) mass is 252 g/mol. The Balaban J connectivity index is 2.27. The molecule has 0 saturated heterocycles. The summed E-state index contributed by atoms with van der Waals surface area (Å²) in [4.78, 5) is 0.811. The minimum absolute atomic E-state index is 0.613. The molecule has 1 aromatic carbocycles. The van der Waals surface area contributed by atoms with Crippen molar-refractivity contribution in [2.75, 3.05) is 0 Å². The van der Waals surface area contributed by atoms with Gasteiger partial charge in [0.25, 0.3) is 0 Å². The van der Waals surface area contributed by atoms with Gasteiger partial charge in [-0.3, -0.25) is 0 Å². The van der Waals surface area contributed by atoms with E-state index in [9.17, 15) is 5.11 Å². The van der Waals surface area contributed by atoms with Crippen LogP contribution >= 0.6 is 22.9 Å². The summed E-state index contributed by atoms with van der Waals surface area (Å²) in [5, 5.41) is 12.7. The van der Waals surface area contributed by atoms with Crippen molar-refractivity contribution in [1.82, 2.24) is 0 Å². The fraction of sp³-hybridized carbons (Fsp3) is 0.231. The largest absolute Gasteiger partial charge is 0.383 e. The van der Waals surface area contributed by atoms with Gasteiger partial charge in [-0.05, 0) is 29.0 Å². The molecule has 16 heavy (non-hydrogen) atoms. The van der Waals surface area contributed by atoms with E-state index in [0.717, 1.165) is 16.9 Å². The van der Waals surface area contributed by atoms with Crippen LogP contribution in [0.2, 0.25) is 5.02 Å². The molecule has 0 aliphatic rings. The molecule has 1 unspecified atom stereocenters. The molecule has 84 valence electrons. The van der Waals surface area contributed by atoms with Gasteiger partial charge < -0.3 is 5.11 Å². The van der Waals surface area contributed by atoms with Crippen molar-refractivity contribution in [2.24, 2.45) is 0 Å². The maximum Gasteiger partial charge on any atom is 0.115 e. The van der Waals surface area contributed by atoms with Gasteiger partial charge in [0.15, 0.2) is 0 Å². The van der Waals surface area contributed by atoms with Crippen LogP contribution in [0.1, 0.15) is 29.0 Å². The Kier molecular flexibility index (Phi) is 3.64. The molecule has 0 bridgehead atoms. The molecule has 0 saturated carbocycles. The molecule has 1 nitrogen and oxygen atoms in total. The van der Waals surface area contributed by atoms with Crippen molar-refractivity contribution < 1.29 is 5.11 Å². The number of hydrogen-bond donors (Lipinski definition) is 1. The van der Waals surface area contributed by atoms with Gasteiger partial charge in [-0.2, -0.15) is 0 Å². The van der Waals surface area contributed by atoms with E-state index in [4.69, 9.17) is 11.6 Å². The molecule has 0 aliphatic heterocycles. The first-order valence-corrected chi connectivity index (χ1v) is 6.48. The summed E-state index contributed by atoms with van der Waals surface area (Å²) in [6.07, 6.45) is 0.397. The zero-order valence-corrected chi connectivity index (χ0v) is 10.6. The summed E-state index contributed by atoms with van der Waals surface area (Å²) in [7, 11) is 0. The molecule has 0 amide bonds. The Bertz CT molecular complexity index is 461. The van der Waals surface area contributed by atoms with Crippen LogP contribution in [0, 0.1) is 0 Å². The summed E-state index contributed by atoms with van der Waals surface area (Å²) in [6, 6.07) is 9.81. The van der Waals surface area contributed by atoms with E-state index < -0.39 is 6.10 Å². The SMILES string of the molecule is CCc1ccc(C(O)c2sccc2Cl)cc1. The van der Waals surface area contributed by atoms with Crippen molar-refractivity contribution in [3.8, 4) is 0 Å². The van der Waals surface area contributed by atoms with Gasteiger partial charge in [0, 0.05) is 0 Å². The van der Waals surface area contributed by atoms with E-state index in [1.807, 2.05) is 35.7 Å². The fourth-order valence-corrected chi connectivity index (χ4v) is 2.76. The minimum Gasteiger partial charge on any atom is -0.383 e. The van der Waals surface area contributed by atoms with E-state index >= 15 is 0 Å². The summed E-state index contributed by atoms with van der Waals surface area (Å²) >= 11 is 7.47. The Labute approximate surface area is 104 Å². The molecule has 0 fully saturated rings. The zero-order valence-electron chi connectivity index (χ0n) is 8.98. The predicted octanol–water partition coefficient (Wildman–Crippen LogP) is 4.05. The van der Waals surface area contributed by atoms with Gasteiger partial charge in [0.2, 0.25) is 0 Å². The van der Waals surface area contributed by atoms with Gasteiger partial charge in [-0.15, -0.1) is 11.3 Å². The number of hydrogen-bond acceptors (Lipinski definition) is 2. The highest BCUT2D eigenvalue weighted by atomic mass is 35.5. The first kappa shape index (κ1) is 11.6. The molecule has 2 aromatic rings. The highest BCUT2D eigenvalue weighted by molar-refractivity contribution is 7.10. The van der Waals surface area contributed by atoms with Crippen LogP contribution in [0.4, 0.5) is 0 Å². The summed E-state index contributed by atoms with van der Waals surface area (Å²) < 4.78 is 0. The number of aliphatic hydroxyl groups excluding tert-OH is 1. The molecular formula is C13H13ClOS. The van der Waals surface area contributed by atoms with Crippen molar-refractivity contribution >= 4 is 22.9 Å². The zero-order chi connectivity index (χ0) is 11.5. The molecule has 1 N–H and O–H groups in total. The van der Waals surface area contributed by atoms with Crippen molar-refractivity contribution in [1.29, 1.82) is 0 Å². The van der Waals surface area contributed by atoms with E-state index in [0.29, 0.717) is 5.02 Å². The number of halogens is 1. The van der Waals surface area contributed by atoms with Crippen LogP contribution in [0.25, 0.3) is 0 Å².